The van der Waals surface area contributed by atoms with E-state index in [4.69, 9.17) is 0 Å². The molecule has 2 atom stereocenters. The standard InChI is InChI=1S/C13H18O/c1-10-3-6-13(11(2)9-10)7-4-12(14)5-8-13/h4,7,9,11H,3,5-6,8H2,1-2H3. The molecule has 0 bridgehead atoms. The zero-order chi connectivity index (χ0) is 10.2. The minimum atomic E-state index is 0.299. The Morgan fingerprint density at radius 1 is 1.36 bits per heavy atom. The van der Waals surface area contributed by atoms with Gasteiger partial charge in [-0.1, -0.05) is 24.6 Å². The number of hydrogen-bond donors (Lipinski definition) is 0. The Morgan fingerprint density at radius 3 is 2.64 bits per heavy atom. The Balaban J connectivity index is 2.25. The van der Waals surface area contributed by atoms with E-state index >= 15 is 0 Å². The fourth-order valence-electron chi connectivity index (χ4n) is 2.70. The average molecular weight is 190 g/mol. The van der Waals surface area contributed by atoms with E-state index < -0.39 is 0 Å². The summed E-state index contributed by atoms with van der Waals surface area (Å²) < 4.78 is 0. The van der Waals surface area contributed by atoms with Gasteiger partial charge in [0.1, 0.15) is 0 Å². The molecule has 0 aromatic heterocycles. The van der Waals surface area contributed by atoms with Crippen LogP contribution in [0.15, 0.2) is 23.8 Å². The van der Waals surface area contributed by atoms with Gasteiger partial charge in [0.05, 0.1) is 0 Å². The van der Waals surface area contributed by atoms with Gasteiger partial charge in [0.15, 0.2) is 5.78 Å². The van der Waals surface area contributed by atoms with Crippen molar-refractivity contribution in [1.29, 1.82) is 0 Å². The fraction of sp³-hybridized carbons (Fsp3) is 0.615. The van der Waals surface area contributed by atoms with Gasteiger partial charge in [0.2, 0.25) is 0 Å². The number of ketones is 1. The SMILES string of the molecule is CC1=CC(C)C2(C=CC(=O)CC2)CC1. The van der Waals surface area contributed by atoms with Crippen LogP contribution in [0.2, 0.25) is 0 Å². The molecule has 2 unspecified atom stereocenters. The fourth-order valence-corrected chi connectivity index (χ4v) is 2.70. The smallest absolute Gasteiger partial charge is 0.155 e. The van der Waals surface area contributed by atoms with Crippen molar-refractivity contribution in [1.82, 2.24) is 0 Å². The van der Waals surface area contributed by atoms with Crippen molar-refractivity contribution >= 4 is 5.78 Å². The number of hydrogen-bond acceptors (Lipinski definition) is 1. The molecule has 0 aromatic rings. The van der Waals surface area contributed by atoms with Crippen molar-refractivity contribution in [3.05, 3.63) is 23.8 Å². The van der Waals surface area contributed by atoms with Crippen molar-refractivity contribution < 1.29 is 4.79 Å². The zero-order valence-electron chi connectivity index (χ0n) is 9.05. The van der Waals surface area contributed by atoms with E-state index in [9.17, 15) is 4.79 Å². The second kappa shape index (κ2) is 3.38. The summed E-state index contributed by atoms with van der Waals surface area (Å²) in [5.74, 6) is 0.898. The Labute approximate surface area is 85.9 Å². The topological polar surface area (TPSA) is 17.1 Å². The molecule has 1 nitrogen and oxygen atoms in total. The van der Waals surface area contributed by atoms with Crippen LogP contribution in [-0.4, -0.2) is 5.78 Å². The molecule has 0 fully saturated rings. The molecule has 14 heavy (non-hydrogen) atoms. The third-order valence-electron chi connectivity index (χ3n) is 3.86. The number of carbonyl (C=O) groups excluding carboxylic acids is 1. The number of carbonyl (C=O) groups is 1. The molecule has 0 aliphatic heterocycles. The molecule has 0 saturated heterocycles. The predicted octanol–water partition coefficient (Wildman–Crippen LogP) is 3.27. The van der Waals surface area contributed by atoms with Crippen molar-refractivity contribution in [3.8, 4) is 0 Å². The average Bonchev–Trinajstić information content (AvgIpc) is 2.16. The maximum atomic E-state index is 11.2. The Morgan fingerprint density at radius 2 is 2.07 bits per heavy atom. The molecule has 0 saturated carbocycles. The first kappa shape index (κ1) is 9.70. The molecule has 0 aromatic carbocycles. The molecule has 2 aliphatic carbocycles. The Hall–Kier alpha value is -0.850. The third kappa shape index (κ3) is 1.56. The van der Waals surface area contributed by atoms with Crippen LogP contribution in [0, 0.1) is 11.3 Å². The van der Waals surface area contributed by atoms with E-state index in [0.717, 1.165) is 12.8 Å². The maximum Gasteiger partial charge on any atom is 0.155 e. The monoisotopic (exact) mass is 190 g/mol. The van der Waals surface area contributed by atoms with Gasteiger partial charge in [-0.2, -0.15) is 0 Å². The number of allylic oxidation sites excluding steroid dienone is 4. The van der Waals surface area contributed by atoms with Crippen molar-refractivity contribution in [2.24, 2.45) is 11.3 Å². The van der Waals surface area contributed by atoms with E-state index in [1.165, 1.54) is 18.4 Å². The van der Waals surface area contributed by atoms with Crippen molar-refractivity contribution in [2.45, 2.75) is 39.5 Å². The predicted molar refractivity (Wildman–Crippen MR) is 58.0 cm³/mol. The second-order valence-electron chi connectivity index (χ2n) is 4.83. The van der Waals surface area contributed by atoms with Gasteiger partial charge >= 0.3 is 0 Å². The van der Waals surface area contributed by atoms with Gasteiger partial charge in [-0.3, -0.25) is 4.79 Å². The largest absolute Gasteiger partial charge is 0.295 e. The van der Waals surface area contributed by atoms with E-state index in [-0.39, 0.29) is 0 Å². The van der Waals surface area contributed by atoms with Gasteiger partial charge < -0.3 is 0 Å². The van der Waals surface area contributed by atoms with E-state index in [1.807, 2.05) is 0 Å². The highest BCUT2D eigenvalue weighted by Gasteiger charge is 2.36. The molecule has 0 radical (unpaired) electrons. The first-order valence-corrected chi connectivity index (χ1v) is 5.52. The van der Waals surface area contributed by atoms with Crippen LogP contribution in [0.4, 0.5) is 0 Å². The van der Waals surface area contributed by atoms with Crippen LogP contribution in [-0.2, 0) is 4.79 Å². The van der Waals surface area contributed by atoms with Gasteiger partial charge in [0, 0.05) is 6.42 Å². The maximum absolute atomic E-state index is 11.2. The van der Waals surface area contributed by atoms with E-state index in [2.05, 4.69) is 26.0 Å². The number of rotatable bonds is 0. The lowest BCUT2D eigenvalue weighted by atomic mass is 9.64. The summed E-state index contributed by atoms with van der Waals surface area (Å²) in [7, 11) is 0. The molecule has 0 heterocycles. The summed E-state index contributed by atoms with van der Waals surface area (Å²) in [5.41, 5.74) is 1.81. The molecule has 0 N–H and O–H groups in total. The summed E-state index contributed by atoms with van der Waals surface area (Å²) in [6, 6.07) is 0. The molecule has 0 amide bonds. The highest BCUT2D eigenvalue weighted by atomic mass is 16.1. The van der Waals surface area contributed by atoms with E-state index in [0.29, 0.717) is 17.1 Å². The Kier molecular flexibility index (Phi) is 2.34. The van der Waals surface area contributed by atoms with Crippen LogP contribution < -0.4 is 0 Å². The molecular weight excluding hydrogens is 172 g/mol. The van der Waals surface area contributed by atoms with Crippen LogP contribution in [0.5, 0.6) is 0 Å². The van der Waals surface area contributed by atoms with Crippen molar-refractivity contribution in [3.63, 3.8) is 0 Å². The first-order chi connectivity index (χ1) is 6.62. The molecule has 1 heteroatoms. The highest BCUT2D eigenvalue weighted by Crippen LogP contribution is 2.46. The van der Waals surface area contributed by atoms with Crippen molar-refractivity contribution in [2.75, 3.05) is 0 Å². The third-order valence-corrected chi connectivity index (χ3v) is 3.86. The van der Waals surface area contributed by atoms with Gasteiger partial charge in [-0.05, 0) is 43.6 Å². The van der Waals surface area contributed by atoms with Crippen LogP contribution in [0.25, 0.3) is 0 Å². The minimum absolute atomic E-state index is 0.299. The van der Waals surface area contributed by atoms with Gasteiger partial charge in [-0.25, -0.2) is 0 Å². The molecule has 2 aliphatic rings. The summed E-state index contributed by atoms with van der Waals surface area (Å²) in [5, 5.41) is 0. The first-order valence-electron chi connectivity index (χ1n) is 5.52. The molecule has 2 rings (SSSR count). The van der Waals surface area contributed by atoms with Crippen LogP contribution in [0.3, 0.4) is 0 Å². The summed E-state index contributed by atoms with van der Waals surface area (Å²) >= 11 is 0. The second-order valence-corrected chi connectivity index (χ2v) is 4.83. The lowest BCUT2D eigenvalue weighted by molar-refractivity contribution is -0.115. The lowest BCUT2D eigenvalue weighted by Crippen LogP contribution is -2.31. The van der Waals surface area contributed by atoms with Gasteiger partial charge in [0.25, 0.3) is 0 Å². The summed E-state index contributed by atoms with van der Waals surface area (Å²) in [6.45, 7) is 4.49. The van der Waals surface area contributed by atoms with Gasteiger partial charge in [-0.15, -0.1) is 0 Å². The lowest BCUT2D eigenvalue weighted by Gasteiger charge is -2.40. The quantitative estimate of drug-likeness (QED) is 0.536. The van der Waals surface area contributed by atoms with Crippen LogP contribution >= 0.6 is 0 Å². The van der Waals surface area contributed by atoms with E-state index in [1.54, 1.807) is 6.08 Å². The van der Waals surface area contributed by atoms with Crippen LogP contribution in [0.1, 0.15) is 39.5 Å². The molecular formula is C13H18O. The summed E-state index contributed by atoms with van der Waals surface area (Å²) in [6.07, 6.45) is 10.6. The molecule has 1 spiro atoms. The Bertz CT molecular complexity index is 311. The molecule has 76 valence electrons. The normalized spacial score (nSPS) is 37.4. The minimum Gasteiger partial charge on any atom is -0.295 e. The highest BCUT2D eigenvalue weighted by molar-refractivity contribution is 5.90. The zero-order valence-corrected chi connectivity index (χ0v) is 9.05. The summed E-state index contributed by atoms with van der Waals surface area (Å²) in [4.78, 5) is 11.2.